The zero-order chi connectivity index (χ0) is 29.1. The van der Waals surface area contributed by atoms with Gasteiger partial charge in [0.1, 0.15) is 17.4 Å². The molecule has 0 amide bonds. The van der Waals surface area contributed by atoms with Crippen LogP contribution in [0, 0.1) is 12.7 Å². The number of aliphatic imine (C=N–C) groups is 1. The fourth-order valence-corrected chi connectivity index (χ4v) is 5.19. The van der Waals surface area contributed by atoms with E-state index in [1.54, 1.807) is 10.7 Å². The molecule has 0 unspecified atom stereocenters. The number of carbonyl (C=O) groups is 1. The van der Waals surface area contributed by atoms with E-state index in [2.05, 4.69) is 20.1 Å². The molecule has 5 N–H and O–H groups in total. The summed E-state index contributed by atoms with van der Waals surface area (Å²) in [5.41, 5.74) is 17.9. The molecule has 2 heterocycles. The maximum Gasteiger partial charge on any atom is 0.343 e. The Kier molecular flexibility index (Phi) is 8.41. The number of methoxy groups -OCH3 is 1. The summed E-state index contributed by atoms with van der Waals surface area (Å²) in [6, 6.07) is 12.0. The second-order valence-electron chi connectivity index (χ2n) is 10.2. The molecule has 0 aliphatic heterocycles. The molecule has 4 aromatic rings. The van der Waals surface area contributed by atoms with Crippen molar-refractivity contribution in [1.82, 2.24) is 9.61 Å². The second kappa shape index (κ2) is 12.2. The van der Waals surface area contributed by atoms with Crippen LogP contribution in [0.25, 0.3) is 16.6 Å². The van der Waals surface area contributed by atoms with Crippen molar-refractivity contribution in [1.29, 1.82) is 0 Å². The highest BCUT2D eigenvalue weighted by Crippen LogP contribution is 2.34. The van der Waals surface area contributed by atoms with Crippen LogP contribution < -0.4 is 21.5 Å². The van der Waals surface area contributed by atoms with Crippen LogP contribution >= 0.6 is 11.6 Å². The van der Waals surface area contributed by atoms with Crippen molar-refractivity contribution in [2.24, 2.45) is 16.5 Å². The zero-order valence-electron chi connectivity index (χ0n) is 22.9. The lowest BCUT2D eigenvalue weighted by Gasteiger charge is -2.28. The van der Waals surface area contributed by atoms with E-state index in [0.29, 0.717) is 16.3 Å². The number of carbonyl (C=O) groups excluding carboxylic acids is 1. The Bertz CT molecular complexity index is 1610. The Morgan fingerprint density at radius 2 is 1.98 bits per heavy atom. The molecule has 1 fully saturated rings. The van der Waals surface area contributed by atoms with Crippen LogP contribution in [0.2, 0.25) is 5.02 Å². The third kappa shape index (κ3) is 6.44. The van der Waals surface area contributed by atoms with Gasteiger partial charge in [-0.05, 0) is 74.1 Å². The molecule has 9 nitrogen and oxygen atoms in total. The van der Waals surface area contributed by atoms with Gasteiger partial charge in [0.2, 0.25) is 0 Å². The van der Waals surface area contributed by atoms with E-state index in [-0.39, 0.29) is 30.2 Å². The van der Waals surface area contributed by atoms with Gasteiger partial charge in [-0.2, -0.15) is 5.10 Å². The van der Waals surface area contributed by atoms with Crippen molar-refractivity contribution in [3.8, 4) is 16.9 Å². The highest BCUT2D eigenvalue weighted by Gasteiger charge is 2.22. The largest absolute Gasteiger partial charge is 0.482 e. The van der Waals surface area contributed by atoms with Gasteiger partial charge in [0, 0.05) is 29.9 Å². The third-order valence-electron chi connectivity index (χ3n) is 7.28. The maximum atomic E-state index is 13.9. The molecule has 214 valence electrons. The number of fused-ring (bicyclic) bond motifs is 1. The number of ether oxygens (including phenoxy) is 2. The molecule has 0 saturated heterocycles. The molecule has 0 bridgehead atoms. The highest BCUT2D eigenvalue weighted by molar-refractivity contribution is 6.33. The molecule has 2 aromatic carbocycles. The van der Waals surface area contributed by atoms with Gasteiger partial charge in [0.25, 0.3) is 0 Å². The number of halogens is 2. The van der Waals surface area contributed by atoms with E-state index in [9.17, 15) is 9.18 Å². The molecule has 41 heavy (non-hydrogen) atoms. The summed E-state index contributed by atoms with van der Waals surface area (Å²) in [6.07, 6.45) is 7.27. The predicted molar refractivity (Wildman–Crippen MR) is 159 cm³/mol. The van der Waals surface area contributed by atoms with Gasteiger partial charge in [-0.3, -0.25) is 0 Å². The van der Waals surface area contributed by atoms with Gasteiger partial charge in [-0.1, -0.05) is 17.7 Å². The third-order valence-corrected chi connectivity index (χ3v) is 7.60. The lowest BCUT2D eigenvalue weighted by Crippen LogP contribution is -2.33. The average molecular weight is 579 g/mol. The van der Waals surface area contributed by atoms with E-state index in [0.717, 1.165) is 53.6 Å². The topological polar surface area (TPSA) is 129 Å². The Morgan fingerprint density at radius 3 is 2.71 bits per heavy atom. The van der Waals surface area contributed by atoms with Crippen LogP contribution in [0.15, 0.2) is 59.9 Å². The molecule has 1 saturated carbocycles. The van der Waals surface area contributed by atoms with Gasteiger partial charge >= 0.3 is 5.97 Å². The first-order valence-electron chi connectivity index (χ1n) is 13.4. The number of aromatic nitrogens is 2. The van der Waals surface area contributed by atoms with Crippen LogP contribution in [0.1, 0.15) is 36.8 Å². The number of amidine groups is 1. The number of nitrogens with zero attached hydrogens (tertiary/aromatic N) is 3. The van der Waals surface area contributed by atoms with Crippen molar-refractivity contribution in [2.45, 2.75) is 44.7 Å². The number of aryl methyl sites for hydroxylation is 1. The lowest BCUT2D eigenvalue weighted by atomic mass is 9.91. The minimum Gasteiger partial charge on any atom is -0.482 e. The molecule has 0 radical (unpaired) electrons. The maximum absolute atomic E-state index is 13.9. The van der Waals surface area contributed by atoms with Crippen molar-refractivity contribution < 1.29 is 18.7 Å². The molecular formula is C30H32ClFN6O3. The molecule has 11 heteroatoms. The highest BCUT2D eigenvalue weighted by atomic mass is 35.5. The Labute approximate surface area is 242 Å². The van der Waals surface area contributed by atoms with E-state index in [1.807, 2.05) is 37.4 Å². The number of esters is 1. The Morgan fingerprint density at radius 1 is 1.20 bits per heavy atom. The monoisotopic (exact) mass is 578 g/mol. The van der Waals surface area contributed by atoms with E-state index >= 15 is 0 Å². The molecular weight excluding hydrogens is 547 g/mol. The number of hydrogen-bond acceptors (Lipinski definition) is 7. The van der Waals surface area contributed by atoms with E-state index in [4.69, 9.17) is 27.8 Å². The van der Waals surface area contributed by atoms with Crippen LogP contribution in [-0.2, 0) is 9.53 Å². The average Bonchev–Trinajstić information content (AvgIpc) is 3.39. The summed E-state index contributed by atoms with van der Waals surface area (Å²) in [5.74, 6) is -0.179. The first-order chi connectivity index (χ1) is 19.7. The zero-order valence-corrected chi connectivity index (χ0v) is 23.6. The fraction of sp³-hybridized carbons (Fsp3) is 0.300. The number of anilines is 1. The van der Waals surface area contributed by atoms with Crippen LogP contribution in [-0.4, -0.2) is 47.2 Å². The number of nitrogens with one attached hydrogen (secondary N) is 1. The molecule has 0 spiro atoms. The fourth-order valence-electron chi connectivity index (χ4n) is 5.03. The number of benzene rings is 2. The predicted octanol–water partition coefficient (Wildman–Crippen LogP) is 5.37. The lowest BCUT2D eigenvalue weighted by molar-refractivity contribution is -0.142. The first kappa shape index (κ1) is 28.4. The molecule has 2 aromatic heterocycles. The standard InChI is InChI=1S/C30H32ClFN6O3/c1-17-11-22(41-16-28(39)40-2)8-9-23(17)18-12-27-29(36-21-6-4-20(33)5-7-21)24(14-35-38(27)15-18)30(34)37-26-13-19(32)3-10-25(26)31/h3,8-15,20-21,36H,4-7,16,33H2,1-2H3,(H2,34,37)/t20-,21-. The summed E-state index contributed by atoms with van der Waals surface area (Å²) < 4.78 is 25.9. The van der Waals surface area contributed by atoms with Gasteiger partial charge in [0.15, 0.2) is 6.61 Å². The molecule has 0 atom stereocenters. The summed E-state index contributed by atoms with van der Waals surface area (Å²) in [6.45, 7) is 1.81. The van der Waals surface area contributed by atoms with Gasteiger partial charge < -0.3 is 26.3 Å². The summed E-state index contributed by atoms with van der Waals surface area (Å²) in [5, 5.41) is 8.58. The van der Waals surface area contributed by atoms with Gasteiger partial charge in [-0.15, -0.1) is 0 Å². The quantitative estimate of drug-likeness (QED) is 0.145. The summed E-state index contributed by atoms with van der Waals surface area (Å²) in [7, 11) is 1.32. The van der Waals surface area contributed by atoms with Crippen LogP contribution in [0.5, 0.6) is 5.75 Å². The van der Waals surface area contributed by atoms with E-state index in [1.165, 1.54) is 25.3 Å². The molecule has 1 aliphatic carbocycles. The number of hydrogen-bond donors (Lipinski definition) is 3. The van der Waals surface area contributed by atoms with Crippen LogP contribution in [0.4, 0.5) is 15.8 Å². The minimum absolute atomic E-state index is 0.161. The Balaban J connectivity index is 1.54. The van der Waals surface area contributed by atoms with Crippen molar-refractivity contribution in [2.75, 3.05) is 19.0 Å². The molecule has 1 aliphatic rings. The van der Waals surface area contributed by atoms with Crippen LogP contribution in [0.3, 0.4) is 0 Å². The Hall–Kier alpha value is -4.15. The SMILES string of the molecule is COC(=O)COc1ccc(-c2cc3c(N[C@H]4CC[C@H](N)CC4)c(/C(N)=N/c4cc(F)ccc4Cl)cnn3c2)c(C)c1. The smallest absolute Gasteiger partial charge is 0.343 e. The van der Waals surface area contributed by atoms with E-state index < -0.39 is 11.8 Å². The summed E-state index contributed by atoms with van der Waals surface area (Å²) >= 11 is 6.26. The summed E-state index contributed by atoms with van der Waals surface area (Å²) in [4.78, 5) is 15.9. The minimum atomic E-state index is -0.459. The van der Waals surface area contributed by atoms with Crippen molar-refractivity contribution in [3.63, 3.8) is 0 Å². The first-order valence-corrected chi connectivity index (χ1v) is 13.7. The number of rotatable bonds is 8. The second-order valence-corrected chi connectivity index (χ2v) is 10.6. The van der Waals surface area contributed by atoms with Crippen molar-refractivity contribution in [3.05, 3.63) is 76.8 Å². The number of nitrogens with two attached hydrogens (primary N) is 2. The van der Waals surface area contributed by atoms with Crippen molar-refractivity contribution >= 4 is 40.3 Å². The van der Waals surface area contributed by atoms with Gasteiger partial charge in [-0.25, -0.2) is 18.7 Å². The normalized spacial score (nSPS) is 17.4. The molecule has 5 rings (SSSR count). The van der Waals surface area contributed by atoms with Gasteiger partial charge in [0.05, 0.1) is 40.8 Å².